The molecule has 0 fully saturated rings. The maximum absolute atomic E-state index is 11.9. The second-order valence-electron chi connectivity index (χ2n) is 4.10. The third-order valence-corrected chi connectivity index (χ3v) is 3.33. The predicted octanol–water partition coefficient (Wildman–Crippen LogP) is 4.26. The summed E-state index contributed by atoms with van der Waals surface area (Å²) in [6.07, 6.45) is 0. The Hall–Kier alpha value is -2.11. The fourth-order valence-electron chi connectivity index (χ4n) is 1.63. The summed E-state index contributed by atoms with van der Waals surface area (Å²) in [5.74, 6) is -0.723. The Morgan fingerprint density at radius 1 is 1.14 bits per heavy atom. The van der Waals surface area contributed by atoms with Crippen LogP contribution in [-0.4, -0.2) is 10.9 Å². The molecule has 0 saturated heterocycles. The molecule has 0 N–H and O–H groups in total. The summed E-state index contributed by atoms with van der Waals surface area (Å²) < 4.78 is 5.08. The molecule has 0 aliphatic heterocycles. The molecule has 0 atom stereocenters. The quantitative estimate of drug-likeness (QED) is 0.478. The van der Waals surface area contributed by atoms with E-state index in [0.717, 1.165) is 5.56 Å². The van der Waals surface area contributed by atoms with Crippen molar-refractivity contribution in [3.63, 3.8) is 0 Å². The highest BCUT2D eigenvalue weighted by Gasteiger charge is 2.20. The molecule has 5 nitrogen and oxygen atoms in total. The average Bonchev–Trinajstić information content (AvgIpc) is 2.46. The average molecular weight is 326 g/mol. The number of nitrogens with zero attached hydrogens (tertiary/aromatic N) is 1. The number of halogens is 2. The summed E-state index contributed by atoms with van der Waals surface area (Å²) in [6, 6.07) is 10.7. The van der Waals surface area contributed by atoms with Gasteiger partial charge in [-0.3, -0.25) is 10.1 Å². The fourth-order valence-corrected chi connectivity index (χ4v) is 2.02. The number of carbonyl (C=O) groups is 1. The van der Waals surface area contributed by atoms with Gasteiger partial charge < -0.3 is 4.74 Å². The first-order valence-electron chi connectivity index (χ1n) is 5.83. The molecule has 0 aliphatic carbocycles. The predicted molar refractivity (Wildman–Crippen MR) is 78.7 cm³/mol. The minimum atomic E-state index is -0.723. The molecular weight excluding hydrogens is 317 g/mol. The van der Waals surface area contributed by atoms with Crippen LogP contribution in [0.25, 0.3) is 0 Å². The van der Waals surface area contributed by atoms with Crippen LogP contribution < -0.4 is 0 Å². The number of esters is 1. The Kier molecular flexibility index (Phi) is 4.77. The summed E-state index contributed by atoms with van der Waals surface area (Å²) >= 11 is 11.6. The summed E-state index contributed by atoms with van der Waals surface area (Å²) in [6.45, 7) is 0.0228. The van der Waals surface area contributed by atoms with Gasteiger partial charge in [0.05, 0.1) is 10.5 Å². The SMILES string of the molecule is O=C(OCc1ccc(Cl)cc1)c1cccc([N+](=O)[O-])c1Cl. The monoisotopic (exact) mass is 325 g/mol. The van der Waals surface area contributed by atoms with Crippen LogP contribution in [0.2, 0.25) is 10.0 Å². The van der Waals surface area contributed by atoms with Gasteiger partial charge in [-0.25, -0.2) is 4.79 Å². The number of rotatable bonds is 4. The summed E-state index contributed by atoms with van der Waals surface area (Å²) in [4.78, 5) is 22.0. The molecule has 0 spiro atoms. The highest BCUT2D eigenvalue weighted by Crippen LogP contribution is 2.28. The van der Waals surface area contributed by atoms with Crippen LogP contribution in [0.5, 0.6) is 0 Å². The van der Waals surface area contributed by atoms with Gasteiger partial charge in [-0.05, 0) is 23.8 Å². The Morgan fingerprint density at radius 3 is 2.43 bits per heavy atom. The highest BCUT2D eigenvalue weighted by molar-refractivity contribution is 6.35. The molecule has 0 saturated carbocycles. The van der Waals surface area contributed by atoms with E-state index in [1.165, 1.54) is 18.2 Å². The van der Waals surface area contributed by atoms with E-state index in [-0.39, 0.29) is 22.9 Å². The van der Waals surface area contributed by atoms with Crippen molar-refractivity contribution in [1.82, 2.24) is 0 Å². The Morgan fingerprint density at radius 2 is 1.81 bits per heavy atom. The maximum atomic E-state index is 11.9. The Bertz CT molecular complexity index is 686. The maximum Gasteiger partial charge on any atom is 0.340 e. The van der Waals surface area contributed by atoms with E-state index in [4.69, 9.17) is 27.9 Å². The number of hydrogen-bond acceptors (Lipinski definition) is 4. The topological polar surface area (TPSA) is 69.4 Å². The molecule has 2 aromatic rings. The van der Waals surface area contributed by atoms with Crippen LogP contribution in [0.15, 0.2) is 42.5 Å². The molecule has 0 aliphatic rings. The number of hydrogen-bond donors (Lipinski definition) is 0. The third-order valence-electron chi connectivity index (χ3n) is 2.68. The normalized spacial score (nSPS) is 10.2. The zero-order valence-electron chi connectivity index (χ0n) is 10.6. The molecule has 108 valence electrons. The lowest BCUT2D eigenvalue weighted by Gasteiger charge is -2.06. The van der Waals surface area contributed by atoms with E-state index in [9.17, 15) is 14.9 Å². The summed E-state index contributed by atoms with van der Waals surface area (Å²) in [5.41, 5.74) is 0.367. The number of nitro groups is 1. The van der Waals surface area contributed by atoms with Gasteiger partial charge in [0.1, 0.15) is 11.6 Å². The van der Waals surface area contributed by atoms with Crippen molar-refractivity contribution in [1.29, 1.82) is 0 Å². The minimum Gasteiger partial charge on any atom is -0.457 e. The van der Waals surface area contributed by atoms with Crippen LogP contribution in [-0.2, 0) is 11.3 Å². The number of nitro benzene ring substituents is 1. The lowest BCUT2D eigenvalue weighted by Crippen LogP contribution is -2.07. The Labute approximate surface area is 130 Å². The number of benzene rings is 2. The molecule has 2 aromatic carbocycles. The highest BCUT2D eigenvalue weighted by atomic mass is 35.5. The lowest BCUT2D eigenvalue weighted by molar-refractivity contribution is -0.384. The van der Waals surface area contributed by atoms with Gasteiger partial charge in [0.15, 0.2) is 0 Å². The van der Waals surface area contributed by atoms with Gasteiger partial charge in [0.2, 0.25) is 0 Å². The molecule has 0 amide bonds. The molecule has 7 heteroatoms. The van der Waals surface area contributed by atoms with Crippen molar-refractivity contribution in [2.75, 3.05) is 0 Å². The van der Waals surface area contributed by atoms with Crippen molar-refractivity contribution < 1.29 is 14.5 Å². The molecular formula is C14H9Cl2NO4. The first-order chi connectivity index (χ1) is 9.99. The second kappa shape index (κ2) is 6.56. The first kappa shape index (κ1) is 15.3. The van der Waals surface area contributed by atoms with Crippen LogP contribution in [0.4, 0.5) is 5.69 Å². The molecule has 2 rings (SSSR count). The van der Waals surface area contributed by atoms with E-state index in [2.05, 4.69) is 0 Å². The second-order valence-corrected chi connectivity index (χ2v) is 4.91. The minimum absolute atomic E-state index is 0.0228. The van der Waals surface area contributed by atoms with E-state index in [1.54, 1.807) is 24.3 Å². The van der Waals surface area contributed by atoms with Crippen molar-refractivity contribution in [3.05, 3.63) is 73.8 Å². The van der Waals surface area contributed by atoms with Gasteiger partial charge in [0.25, 0.3) is 5.69 Å². The number of ether oxygens (including phenoxy) is 1. The molecule has 0 heterocycles. The van der Waals surface area contributed by atoms with E-state index >= 15 is 0 Å². The Balaban J connectivity index is 2.12. The van der Waals surface area contributed by atoms with Crippen LogP contribution in [0, 0.1) is 10.1 Å². The molecule has 0 unspecified atom stereocenters. The fraction of sp³-hybridized carbons (Fsp3) is 0.0714. The smallest absolute Gasteiger partial charge is 0.340 e. The zero-order chi connectivity index (χ0) is 15.4. The van der Waals surface area contributed by atoms with E-state index in [1.807, 2.05) is 0 Å². The summed E-state index contributed by atoms with van der Waals surface area (Å²) in [5, 5.41) is 11.1. The summed E-state index contributed by atoms with van der Waals surface area (Å²) in [7, 11) is 0. The van der Waals surface area contributed by atoms with Gasteiger partial charge >= 0.3 is 5.97 Å². The van der Waals surface area contributed by atoms with E-state index in [0.29, 0.717) is 5.02 Å². The first-order valence-corrected chi connectivity index (χ1v) is 6.59. The van der Waals surface area contributed by atoms with Crippen molar-refractivity contribution >= 4 is 34.9 Å². The van der Waals surface area contributed by atoms with Crippen LogP contribution in [0.3, 0.4) is 0 Å². The van der Waals surface area contributed by atoms with Gasteiger partial charge in [-0.1, -0.05) is 41.4 Å². The number of carbonyl (C=O) groups excluding carboxylic acids is 1. The standard InChI is InChI=1S/C14H9Cl2NO4/c15-10-6-4-9(5-7-10)8-21-14(18)11-2-1-3-12(13(11)16)17(19)20/h1-7H,8H2. The molecule has 0 bridgehead atoms. The van der Waals surface area contributed by atoms with E-state index < -0.39 is 10.9 Å². The van der Waals surface area contributed by atoms with Gasteiger partial charge in [-0.15, -0.1) is 0 Å². The molecule has 0 radical (unpaired) electrons. The van der Waals surface area contributed by atoms with Gasteiger partial charge in [-0.2, -0.15) is 0 Å². The molecule has 0 aromatic heterocycles. The van der Waals surface area contributed by atoms with Crippen molar-refractivity contribution in [2.45, 2.75) is 6.61 Å². The largest absolute Gasteiger partial charge is 0.457 e. The van der Waals surface area contributed by atoms with Crippen molar-refractivity contribution in [3.8, 4) is 0 Å². The zero-order valence-corrected chi connectivity index (χ0v) is 12.1. The molecule has 21 heavy (non-hydrogen) atoms. The third kappa shape index (κ3) is 3.71. The lowest BCUT2D eigenvalue weighted by atomic mass is 10.2. The van der Waals surface area contributed by atoms with Gasteiger partial charge in [0, 0.05) is 11.1 Å². The van der Waals surface area contributed by atoms with Crippen LogP contribution >= 0.6 is 23.2 Å². The van der Waals surface area contributed by atoms with Crippen LogP contribution in [0.1, 0.15) is 15.9 Å². The van der Waals surface area contributed by atoms with Crippen molar-refractivity contribution in [2.24, 2.45) is 0 Å².